The van der Waals surface area contributed by atoms with Gasteiger partial charge in [0.25, 0.3) is 5.91 Å². The van der Waals surface area contributed by atoms with E-state index in [1.54, 1.807) is 42.5 Å². The molecule has 1 fully saturated rings. The van der Waals surface area contributed by atoms with Crippen molar-refractivity contribution < 1.29 is 32.2 Å². The lowest BCUT2D eigenvalue weighted by Gasteiger charge is -2.36. The largest absolute Gasteiger partial charge is 0.573 e. The molecule has 1 aliphatic heterocycles. The van der Waals surface area contributed by atoms with Gasteiger partial charge in [-0.2, -0.15) is 0 Å². The normalized spacial score (nSPS) is 17.9. The number of nitrogens with zero attached hydrogens (tertiary/aromatic N) is 2. The van der Waals surface area contributed by atoms with Gasteiger partial charge in [0.1, 0.15) is 5.75 Å². The van der Waals surface area contributed by atoms with Crippen LogP contribution in [0, 0.1) is 18.8 Å². The standard InChI is InChI=1S/C28H29Cl2F3N2O4/c1-5-38-27(37)19-8-9-35(14-16(19)3)26(36)20-6-7-23(29)22(25(20)30)12-17-11-21-15(2)10-18(39-28(31,32)33)13-24(21)34(17)4/h6-7,10-11,13,16,19H,5,8-9,12,14H2,1-4H3/t16-,19?/m1/s1. The highest BCUT2D eigenvalue weighted by molar-refractivity contribution is 6.38. The zero-order valence-corrected chi connectivity index (χ0v) is 23.5. The van der Waals surface area contributed by atoms with Gasteiger partial charge in [0.15, 0.2) is 0 Å². The van der Waals surface area contributed by atoms with E-state index in [2.05, 4.69) is 4.74 Å². The third-order valence-corrected chi connectivity index (χ3v) is 8.02. The molecular weight excluding hydrogens is 556 g/mol. The van der Waals surface area contributed by atoms with Crippen LogP contribution in [0.25, 0.3) is 10.9 Å². The number of amides is 1. The lowest BCUT2D eigenvalue weighted by molar-refractivity contribution is -0.274. The molecule has 1 aliphatic rings. The number of ether oxygens (including phenoxy) is 2. The summed E-state index contributed by atoms with van der Waals surface area (Å²) >= 11 is 13.3. The Morgan fingerprint density at radius 2 is 1.87 bits per heavy atom. The van der Waals surface area contributed by atoms with Gasteiger partial charge in [-0.1, -0.05) is 30.1 Å². The number of alkyl halides is 3. The summed E-state index contributed by atoms with van der Waals surface area (Å²) in [6.45, 7) is 6.49. The minimum Gasteiger partial charge on any atom is -0.466 e. The monoisotopic (exact) mass is 584 g/mol. The van der Waals surface area contributed by atoms with Gasteiger partial charge in [-0.05, 0) is 61.6 Å². The van der Waals surface area contributed by atoms with Crippen LogP contribution in [0.2, 0.25) is 10.0 Å². The van der Waals surface area contributed by atoms with Crippen LogP contribution in [-0.4, -0.2) is 47.4 Å². The molecule has 210 valence electrons. The Balaban J connectivity index is 1.60. The molecule has 1 saturated heterocycles. The van der Waals surface area contributed by atoms with Crippen molar-refractivity contribution in [3.8, 4) is 5.75 Å². The molecule has 0 N–H and O–H groups in total. The lowest BCUT2D eigenvalue weighted by Crippen LogP contribution is -2.45. The minimum atomic E-state index is -4.80. The number of hydrogen-bond acceptors (Lipinski definition) is 4. The number of hydrogen-bond donors (Lipinski definition) is 0. The van der Waals surface area contributed by atoms with E-state index < -0.39 is 6.36 Å². The predicted octanol–water partition coefficient (Wildman–Crippen LogP) is 6.94. The summed E-state index contributed by atoms with van der Waals surface area (Å²) in [6.07, 6.45) is -4.05. The highest BCUT2D eigenvalue weighted by atomic mass is 35.5. The van der Waals surface area contributed by atoms with Crippen LogP contribution in [0.4, 0.5) is 13.2 Å². The molecule has 0 saturated carbocycles. The maximum Gasteiger partial charge on any atom is 0.573 e. The van der Waals surface area contributed by atoms with Crippen LogP contribution in [0.1, 0.15) is 47.4 Å². The van der Waals surface area contributed by atoms with Gasteiger partial charge in [-0.25, -0.2) is 0 Å². The van der Waals surface area contributed by atoms with Crippen LogP contribution >= 0.6 is 23.2 Å². The molecule has 1 unspecified atom stereocenters. The third kappa shape index (κ3) is 6.14. The van der Waals surface area contributed by atoms with Crippen LogP contribution in [0.5, 0.6) is 5.75 Å². The Morgan fingerprint density at radius 1 is 1.15 bits per heavy atom. The van der Waals surface area contributed by atoms with Gasteiger partial charge in [-0.3, -0.25) is 9.59 Å². The number of aromatic nitrogens is 1. The van der Waals surface area contributed by atoms with Gasteiger partial charge in [-0.15, -0.1) is 13.2 Å². The molecule has 2 atom stereocenters. The molecule has 0 radical (unpaired) electrons. The number of likely N-dealkylation sites (tertiary alicyclic amines) is 1. The molecule has 4 rings (SSSR count). The average Bonchev–Trinajstić information content (AvgIpc) is 3.16. The molecular formula is C28H29Cl2F3N2O4. The highest BCUT2D eigenvalue weighted by Crippen LogP contribution is 2.36. The van der Waals surface area contributed by atoms with E-state index in [4.69, 9.17) is 27.9 Å². The predicted molar refractivity (Wildman–Crippen MR) is 143 cm³/mol. The maximum atomic E-state index is 13.5. The summed E-state index contributed by atoms with van der Waals surface area (Å²) in [5, 5.41) is 1.35. The van der Waals surface area contributed by atoms with E-state index in [1.165, 1.54) is 12.1 Å². The number of carbonyl (C=O) groups excluding carboxylic acids is 2. The zero-order valence-electron chi connectivity index (χ0n) is 22.0. The van der Waals surface area contributed by atoms with E-state index >= 15 is 0 Å². The summed E-state index contributed by atoms with van der Waals surface area (Å²) in [5.74, 6) is -1.13. The molecule has 6 nitrogen and oxygen atoms in total. The fraction of sp³-hybridized carbons (Fsp3) is 0.429. The molecule has 11 heteroatoms. The van der Waals surface area contributed by atoms with Crippen LogP contribution in [-0.2, 0) is 23.0 Å². The first-order valence-corrected chi connectivity index (χ1v) is 13.3. The topological polar surface area (TPSA) is 60.8 Å². The number of carbonyl (C=O) groups is 2. The van der Waals surface area contributed by atoms with Gasteiger partial charge in [0, 0.05) is 48.7 Å². The quantitative estimate of drug-likeness (QED) is 0.294. The van der Waals surface area contributed by atoms with E-state index in [-0.39, 0.29) is 40.9 Å². The second-order valence-corrected chi connectivity index (χ2v) is 10.6. The molecule has 0 bridgehead atoms. The first-order valence-electron chi connectivity index (χ1n) is 12.6. The van der Waals surface area contributed by atoms with Gasteiger partial charge < -0.3 is 18.9 Å². The smallest absolute Gasteiger partial charge is 0.466 e. The van der Waals surface area contributed by atoms with Crippen molar-refractivity contribution in [2.24, 2.45) is 18.9 Å². The number of fused-ring (bicyclic) bond motifs is 1. The fourth-order valence-corrected chi connectivity index (χ4v) is 5.78. The number of esters is 1. The maximum absolute atomic E-state index is 13.5. The Bertz CT molecular complexity index is 1420. The summed E-state index contributed by atoms with van der Waals surface area (Å²) in [5.41, 5.74) is 2.76. The Kier molecular flexibility index (Phi) is 8.42. The Labute approximate surface area is 234 Å². The van der Waals surface area contributed by atoms with Crippen LogP contribution < -0.4 is 4.74 Å². The van der Waals surface area contributed by atoms with Crippen molar-refractivity contribution in [2.75, 3.05) is 19.7 Å². The minimum absolute atomic E-state index is 0.0717. The fourth-order valence-electron chi connectivity index (χ4n) is 5.20. The second kappa shape index (κ2) is 11.3. The molecule has 0 aliphatic carbocycles. The van der Waals surface area contributed by atoms with E-state index in [0.717, 1.165) is 11.1 Å². The summed E-state index contributed by atoms with van der Waals surface area (Å²) in [7, 11) is 1.74. The van der Waals surface area contributed by atoms with Crippen molar-refractivity contribution in [1.82, 2.24) is 9.47 Å². The zero-order chi connectivity index (χ0) is 28.6. The molecule has 39 heavy (non-hydrogen) atoms. The first kappa shape index (κ1) is 29.1. The molecule has 1 aromatic heterocycles. The molecule has 1 amide bonds. The van der Waals surface area contributed by atoms with Crippen molar-refractivity contribution in [2.45, 2.75) is 40.0 Å². The SMILES string of the molecule is CCOC(=O)C1CCN(C(=O)c2ccc(Cl)c(Cc3cc4c(C)cc(OC(F)(F)F)cc4n3C)c2Cl)C[C@H]1C. The first-order chi connectivity index (χ1) is 18.3. The van der Waals surface area contributed by atoms with Crippen molar-refractivity contribution in [1.29, 1.82) is 0 Å². The van der Waals surface area contributed by atoms with Crippen molar-refractivity contribution in [3.05, 3.63) is 62.8 Å². The molecule has 2 heterocycles. The van der Waals surface area contributed by atoms with Gasteiger partial charge in [0.2, 0.25) is 0 Å². The summed E-state index contributed by atoms with van der Waals surface area (Å²) < 4.78 is 49.4. The second-order valence-electron chi connectivity index (χ2n) is 9.86. The molecule has 2 aromatic carbocycles. The van der Waals surface area contributed by atoms with E-state index in [1.807, 2.05) is 13.0 Å². The van der Waals surface area contributed by atoms with Crippen molar-refractivity contribution in [3.63, 3.8) is 0 Å². The van der Waals surface area contributed by atoms with Gasteiger partial charge >= 0.3 is 12.3 Å². The van der Waals surface area contributed by atoms with Crippen LogP contribution in [0.3, 0.4) is 0 Å². The Hall–Kier alpha value is -2.91. The summed E-state index contributed by atoms with van der Waals surface area (Å²) in [6, 6.07) is 7.75. The molecule has 3 aromatic rings. The van der Waals surface area contributed by atoms with Gasteiger partial charge in [0.05, 0.1) is 28.6 Å². The van der Waals surface area contributed by atoms with Crippen molar-refractivity contribution >= 4 is 46.0 Å². The average molecular weight is 585 g/mol. The lowest BCUT2D eigenvalue weighted by atomic mass is 9.86. The number of benzene rings is 2. The highest BCUT2D eigenvalue weighted by Gasteiger charge is 2.35. The number of halogens is 5. The molecule has 0 spiro atoms. The van der Waals surface area contributed by atoms with E-state index in [9.17, 15) is 22.8 Å². The number of rotatable bonds is 6. The van der Waals surface area contributed by atoms with Crippen LogP contribution in [0.15, 0.2) is 30.3 Å². The Morgan fingerprint density at radius 3 is 2.51 bits per heavy atom. The summed E-state index contributed by atoms with van der Waals surface area (Å²) in [4.78, 5) is 27.4. The number of aryl methyl sites for hydroxylation is 2. The third-order valence-electron chi connectivity index (χ3n) is 7.23. The number of piperidine rings is 1. The van der Waals surface area contributed by atoms with E-state index in [0.29, 0.717) is 53.3 Å².